The summed E-state index contributed by atoms with van der Waals surface area (Å²) in [4.78, 5) is 16.7. The first-order chi connectivity index (χ1) is 11.8. The highest BCUT2D eigenvalue weighted by atomic mass is 16.5. The Morgan fingerprint density at radius 2 is 2.08 bits per heavy atom. The van der Waals surface area contributed by atoms with Crippen molar-refractivity contribution in [2.75, 3.05) is 6.54 Å². The van der Waals surface area contributed by atoms with Gasteiger partial charge in [0.1, 0.15) is 0 Å². The van der Waals surface area contributed by atoms with Crippen LogP contribution in [0.15, 0.2) is 49.1 Å². The van der Waals surface area contributed by atoms with Gasteiger partial charge in [-0.15, -0.1) is 0 Å². The standard InChI is InChI=1S/C19H25N3O2/c23-19(21-11-6-13-22-14-12-20-15-22)18(16-7-2-1-3-8-16)24-17-9-4-5-10-17/h1-3,7-8,12,14-15,17-18H,4-6,9-11,13H2,(H,21,23)/t18-/m1/s1. The lowest BCUT2D eigenvalue weighted by atomic mass is 10.1. The Morgan fingerprint density at radius 1 is 1.29 bits per heavy atom. The number of benzene rings is 1. The topological polar surface area (TPSA) is 56.2 Å². The number of ether oxygens (including phenoxy) is 1. The maximum atomic E-state index is 12.6. The Balaban J connectivity index is 1.54. The molecule has 128 valence electrons. The van der Waals surface area contributed by atoms with Gasteiger partial charge >= 0.3 is 0 Å². The number of rotatable bonds is 8. The van der Waals surface area contributed by atoms with Crippen molar-refractivity contribution in [3.63, 3.8) is 0 Å². The van der Waals surface area contributed by atoms with Crippen molar-refractivity contribution in [3.05, 3.63) is 54.6 Å². The van der Waals surface area contributed by atoms with Gasteiger partial charge in [-0.05, 0) is 24.8 Å². The lowest BCUT2D eigenvalue weighted by Crippen LogP contribution is -2.33. The van der Waals surface area contributed by atoms with Gasteiger partial charge < -0.3 is 14.6 Å². The van der Waals surface area contributed by atoms with Crippen LogP contribution >= 0.6 is 0 Å². The van der Waals surface area contributed by atoms with Gasteiger partial charge in [-0.25, -0.2) is 4.98 Å². The summed E-state index contributed by atoms with van der Waals surface area (Å²) < 4.78 is 8.14. The zero-order chi connectivity index (χ0) is 16.6. The van der Waals surface area contributed by atoms with Gasteiger partial charge in [0.2, 0.25) is 0 Å². The van der Waals surface area contributed by atoms with E-state index in [4.69, 9.17) is 4.74 Å². The van der Waals surface area contributed by atoms with Crippen molar-refractivity contribution in [1.82, 2.24) is 14.9 Å². The fraction of sp³-hybridized carbons (Fsp3) is 0.474. The second-order valence-corrected chi connectivity index (χ2v) is 6.28. The number of hydrogen-bond donors (Lipinski definition) is 1. The monoisotopic (exact) mass is 327 g/mol. The maximum Gasteiger partial charge on any atom is 0.253 e. The molecule has 1 aliphatic rings. The normalized spacial score (nSPS) is 16.2. The molecule has 24 heavy (non-hydrogen) atoms. The highest BCUT2D eigenvalue weighted by molar-refractivity contribution is 5.82. The smallest absolute Gasteiger partial charge is 0.253 e. The predicted octanol–water partition coefficient (Wildman–Crippen LogP) is 3.09. The van der Waals surface area contributed by atoms with Crippen molar-refractivity contribution < 1.29 is 9.53 Å². The van der Waals surface area contributed by atoms with Crippen LogP contribution in [0, 0.1) is 0 Å². The van der Waals surface area contributed by atoms with E-state index in [9.17, 15) is 4.79 Å². The third-order valence-corrected chi connectivity index (χ3v) is 4.42. The van der Waals surface area contributed by atoms with Crippen molar-refractivity contribution in [2.24, 2.45) is 0 Å². The van der Waals surface area contributed by atoms with Gasteiger partial charge in [0.05, 0.1) is 12.4 Å². The molecule has 0 radical (unpaired) electrons. The van der Waals surface area contributed by atoms with E-state index >= 15 is 0 Å². The molecule has 5 heteroatoms. The largest absolute Gasteiger partial charge is 0.360 e. The summed E-state index contributed by atoms with van der Waals surface area (Å²) in [5.41, 5.74) is 0.927. The Morgan fingerprint density at radius 3 is 2.79 bits per heavy atom. The van der Waals surface area contributed by atoms with E-state index in [2.05, 4.69) is 10.3 Å². The molecule has 1 aromatic carbocycles. The Hall–Kier alpha value is -2.14. The van der Waals surface area contributed by atoms with Crippen molar-refractivity contribution >= 4 is 5.91 Å². The lowest BCUT2D eigenvalue weighted by Gasteiger charge is -2.22. The molecule has 3 rings (SSSR count). The molecule has 0 saturated heterocycles. The van der Waals surface area contributed by atoms with Crippen molar-refractivity contribution in [3.8, 4) is 0 Å². The number of imidazole rings is 1. The van der Waals surface area contributed by atoms with Crippen LogP contribution in [0.4, 0.5) is 0 Å². The SMILES string of the molecule is O=C(NCCCn1ccnc1)[C@H](OC1CCCC1)c1ccccc1. The first kappa shape index (κ1) is 16.7. The number of nitrogens with one attached hydrogen (secondary N) is 1. The minimum atomic E-state index is -0.512. The van der Waals surface area contributed by atoms with E-state index in [1.807, 2.05) is 41.1 Å². The molecule has 0 bridgehead atoms. The van der Waals surface area contributed by atoms with Gasteiger partial charge in [0.25, 0.3) is 5.91 Å². The van der Waals surface area contributed by atoms with Gasteiger partial charge in [-0.3, -0.25) is 4.79 Å². The molecule has 1 saturated carbocycles. The highest BCUT2D eigenvalue weighted by Crippen LogP contribution is 2.28. The molecule has 1 atom stereocenters. The summed E-state index contributed by atoms with van der Waals surface area (Å²) in [5, 5.41) is 3.02. The van der Waals surface area contributed by atoms with Crippen LogP contribution < -0.4 is 5.32 Å². The lowest BCUT2D eigenvalue weighted by molar-refractivity contribution is -0.137. The van der Waals surface area contributed by atoms with E-state index in [1.54, 1.807) is 12.5 Å². The zero-order valence-electron chi connectivity index (χ0n) is 13.9. The fourth-order valence-corrected chi connectivity index (χ4v) is 3.12. The van der Waals surface area contributed by atoms with Crippen LogP contribution in [-0.4, -0.2) is 28.1 Å². The van der Waals surface area contributed by atoms with E-state index in [0.717, 1.165) is 31.4 Å². The molecule has 2 aromatic rings. The minimum Gasteiger partial charge on any atom is -0.360 e. The molecule has 1 aliphatic carbocycles. The van der Waals surface area contributed by atoms with Gasteiger partial charge in [0.15, 0.2) is 6.10 Å². The zero-order valence-corrected chi connectivity index (χ0v) is 13.9. The van der Waals surface area contributed by atoms with Crippen LogP contribution in [0.1, 0.15) is 43.8 Å². The number of aryl methyl sites for hydroxylation is 1. The average Bonchev–Trinajstić information content (AvgIpc) is 3.31. The third kappa shape index (κ3) is 4.68. The van der Waals surface area contributed by atoms with Crippen LogP contribution in [0.5, 0.6) is 0 Å². The van der Waals surface area contributed by atoms with Crippen LogP contribution in [0.2, 0.25) is 0 Å². The number of nitrogens with zero attached hydrogens (tertiary/aromatic N) is 2. The second kappa shape index (κ2) is 8.64. The number of aromatic nitrogens is 2. The van der Waals surface area contributed by atoms with Gasteiger partial charge in [0, 0.05) is 25.5 Å². The molecule has 1 amide bonds. The summed E-state index contributed by atoms with van der Waals surface area (Å²) >= 11 is 0. The number of hydrogen-bond acceptors (Lipinski definition) is 3. The van der Waals surface area contributed by atoms with E-state index in [0.29, 0.717) is 6.54 Å². The first-order valence-corrected chi connectivity index (χ1v) is 8.77. The number of carbonyl (C=O) groups excluding carboxylic acids is 1. The molecule has 1 N–H and O–H groups in total. The maximum absolute atomic E-state index is 12.6. The van der Waals surface area contributed by atoms with E-state index < -0.39 is 6.10 Å². The Kier molecular flexibility index (Phi) is 6.01. The molecule has 1 heterocycles. The second-order valence-electron chi connectivity index (χ2n) is 6.28. The number of carbonyl (C=O) groups is 1. The molecule has 0 unspecified atom stereocenters. The summed E-state index contributed by atoms with van der Waals surface area (Å²) in [5.74, 6) is -0.0428. The molecular formula is C19H25N3O2. The summed E-state index contributed by atoms with van der Waals surface area (Å²) in [6.07, 6.45) is 10.5. The Labute approximate surface area is 143 Å². The fourth-order valence-electron chi connectivity index (χ4n) is 3.12. The van der Waals surface area contributed by atoms with Gasteiger partial charge in [-0.2, -0.15) is 0 Å². The highest BCUT2D eigenvalue weighted by Gasteiger charge is 2.26. The number of amides is 1. The van der Waals surface area contributed by atoms with Crippen LogP contribution in [0.3, 0.4) is 0 Å². The third-order valence-electron chi connectivity index (χ3n) is 4.42. The van der Waals surface area contributed by atoms with E-state index in [1.165, 1.54) is 12.8 Å². The molecule has 1 fully saturated rings. The van der Waals surface area contributed by atoms with Gasteiger partial charge in [-0.1, -0.05) is 43.2 Å². The molecule has 0 spiro atoms. The first-order valence-electron chi connectivity index (χ1n) is 8.77. The predicted molar refractivity (Wildman–Crippen MR) is 92.4 cm³/mol. The minimum absolute atomic E-state index is 0.0428. The van der Waals surface area contributed by atoms with Crippen LogP contribution in [0.25, 0.3) is 0 Å². The molecule has 0 aliphatic heterocycles. The summed E-state index contributed by atoms with van der Waals surface area (Å²) in [6.45, 7) is 1.48. The van der Waals surface area contributed by atoms with Crippen LogP contribution in [-0.2, 0) is 16.1 Å². The van der Waals surface area contributed by atoms with E-state index in [-0.39, 0.29) is 12.0 Å². The summed E-state index contributed by atoms with van der Waals surface area (Å²) in [7, 11) is 0. The average molecular weight is 327 g/mol. The molecule has 1 aromatic heterocycles. The quantitative estimate of drug-likeness (QED) is 0.758. The molecular weight excluding hydrogens is 302 g/mol. The summed E-state index contributed by atoms with van der Waals surface area (Å²) in [6, 6.07) is 9.79. The Bertz CT molecular complexity index is 607. The van der Waals surface area contributed by atoms with Crippen molar-refractivity contribution in [2.45, 2.75) is 50.9 Å². The van der Waals surface area contributed by atoms with Crippen molar-refractivity contribution in [1.29, 1.82) is 0 Å². The molecule has 5 nitrogen and oxygen atoms in total.